The van der Waals surface area contributed by atoms with Gasteiger partial charge < -0.3 is 14.9 Å². The Labute approximate surface area is 123 Å². The average molecular weight is 288 g/mol. The van der Waals surface area contributed by atoms with Crippen LogP contribution in [-0.4, -0.2) is 31.3 Å². The molecule has 0 radical (unpaired) electrons. The fraction of sp³-hybridized carbons (Fsp3) is 0.538. The Kier molecular flexibility index (Phi) is 3.46. The maximum absolute atomic E-state index is 5.59. The second-order valence-electron chi connectivity index (χ2n) is 5.54. The zero-order valence-electron chi connectivity index (χ0n) is 12.5. The van der Waals surface area contributed by atoms with Gasteiger partial charge in [0.2, 0.25) is 0 Å². The minimum Gasteiger partial charge on any atom is -0.347 e. The molecule has 3 heterocycles. The third kappa shape index (κ3) is 2.42. The van der Waals surface area contributed by atoms with Crippen LogP contribution in [0.1, 0.15) is 37.0 Å². The van der Waals surface area contributed by atoms with Crippen molar-refractivity contribution < 1.29 is 0 Å². The van der Waals surface area contributed by atoms with Crippen molar-refractivity contribution in [2.24, 2.45) is 5.84 Å². The van der Waals surface area contributed by atoms with E-state index in [4.69, 9.17) is 10.8 Å². The molecule has 21 heavy (non-hydrogen) atoms. The zero-order chi connectivity index (χ0) is 15.0. The van der Waals surface area contributed by atoms with Gasteiger partial charge in [0.25, 0.3) is 0 Å². The molecule has 1 aliphatic rings. The van der Waals surface area contributed by atoms with E-state index in [1.165, 1.54) is 0 Å². The molecule has 0 unspecified atom stereocenters. The highest BCUT2D eigenvalue weighted by Crippen LogP contribution is 2.27. The fourth-order valence-electron chi connectivity index (χ4n) is 2.48. The Morgan fingerprint density at radius 1 is 1.29 bits per heavy atom. The molecule has 0 atom stereocenters. The number of aromatic nitrogens is 5. The van der Waals surface area contributed by atoms with Crippen LogP contribution in [0, 0.1) is 6.92 Å². The lowest BCUT2D eigenvalue weighted by Gasteiger charge is -2.30. The average Bonchev–Trinajstić information content (AvgIpc) is 2.94. The lowest BCUT2D eigenvalue weighted by Crippen LogP contribution is -2.35. The van der Waals surface area contributed by atoms with Gasteiger partial charge in [0.1, 0.15) is 23.8 Å². The first-order chi connectivity index (χ1) is 10.1. The molecular weight excluding hydrogens is 268 g/mol. The van der Waals surface area contributed by atoms with Gasteiger partial charge in [-0.25, -0.2) is 15.8 Å². The first-order valence-corrected chi connectivity index (χ1v) is 7.07. The number of anilines is 2. The van der Waals surface area contributed by atoms with Crippen LogP contribution in [-0.2, 0) is 13.1 Å². The highest BCUT2D eigenvalue weighted by atomic mass is 15.3. The quantitative estimate of drug-likeness (QED) is 0.637. The third-order valence-corrected chi connectivity index (χ3v) is 3.73. The molecule has 0 amide bonds. The van der Waals surface area contributed by atoms with E-state index >= 15 is 0 Å². The van der Waals surface area contributed by atoms with Crippen molar-refractivity contribution in [1.82, 2.24) is 24.7 Å². The Bertz CT molecular complexity index is 648. The lowest BCUT2D eigenvalue weighted by atomic mass is 10.2. The molecule has 0 saturated heterocycles. The molecule has 2 aromatic rings. The summed E-state index contributed by atoms with van der Waals surface area (Å²) in [6, 6.07) is 0. The van der Waals surface area contributed by atoms with Crippen molar-refractivity contribution >= 4 is 11.6 Å². The molecule has 8 nitrogen and oxygen atoms in total. The SMILES string of the molecule is Cc1c(NN)nc(C(C)C)nc1N1CCn2cnnc2C1. The van der Waals surface area contributed by atoms with Gasteiger partial charge in [0.05, 0.1) is 6.54 Å². The highest BCUT2D eigenvalue weighted by Gasteiger charge is 2.22. The molecule has 3 N–H and O–H groups in total. The minimum atomic E-state index is 0.241. The van der Waals surface area contributed by atoms with Crippen LogP contribution < -0.4 is 16.2 Å². The summed E-state index contributed by atoms with van der Waals surface area (Å²) in [5.41, 5.74) is 3.63. The number of fused-ring (bicyclic) bond motifs is 1. The number of hydrazine groups is 1. The summed E-state index contributed by atoms with van der Waals surface area (Å²) in [4.78, 5) is 11.4. The summed E-state index contributed by atoms with van der Waals surface area (Å²) in [5.74, 6) is 9.16. The molecule has 2 aromatic heterocycles. The molecule has 3 rings (SSSR count). The highest BCUT2D eigenvalue weighted by molar-refractivity contribution is 5.58. The number of hydrogen-bond acceptors (Lipinski definition) is 7. The Morgan fingerprint density at radius 2 is 2.10 bits per heavy atom. The van der Waals surface area contributed by atoms with E-state index in [0.29, 0.717) is 12.4 Å². The zero-order valence-corrected chi connectivity index (χ0v) is 12.5. The molecule has 0 fully saturated rings. The van der Waals surface area contributed by atoms with Crippen LogP contribution in [0.25, 0.3) is 0 Å². The number of rotatable bonds is 3. The van der Waals surface area contributed by atoms with Crippen molar-refractivity contribution in [2.45, 2.75) is 39.8 Å². The van der Waals surface area contributed by atoms with Gasteiger partial charge in [-0.2, -0.15) is 0 Å². The second-order valence-corrected chi connectivity index (χ2v) is 5.54. The van der Waals surface area contributed by atoms with Gasteiger partial charge in [-0.15, -0.1) is 10.2 Å². The van der Waals surface area contributed by atoms with Crippen LogP contribution in [0.2, 0.25) is 0 Å². The molecule has 0 bridgehead atoms. The summed E-state index contributed by atoms with van der Waals surface area (Å²) in [5, 5.41) is 8.10. The second kappa shape index (κ2) is 5.28. The summed E-state index contributed by atoms with van der Waals surface area (Å²) >= 11 is 0. The standard InChI is InChI=1S/C13H20N8/c1-8(2)11-16-12(18-14)9(3)13(17-11)20-4-5-21-7-15-19-10(21)6-20/h7-8H,4-6,14H2,1-3H3,(H,16,17,18). The monoisotopic (exact) mass is 288 g/mol. The smallest absolute Gasteiger partial charge is 0.152 e. The molecule has 0 aliphatic carbocycles. The van der Waals surface area contributed by atoms with Gasteiger partial charge >= 0.3 is 0 Å². The van der Waals surface area contributed by atoms with Crippen LogP contribution in [0.3, 0.4) is 0 Å². The molecule has 112 valence electrons. The van der Waals surface area contributed by atoms with Crippen LogP contribution in [0.4, 0.5) is 11.6 Å². The van der Waals surface area contributed by atoms with Crippen molar-refractivity contribution in [3.05, 3.63) is 23.5 Å². The Hall–Kier alpha value is -2.22. The maximum Gasteiger partial charge on any atom is 0.152 e. The van der Waals surface area contributed by atoms with Gasteiger partial charge in [-0.05, 0) is 6.92 Å². The van der Waals surface area contributed by atoms with Crippen molar-refractivity contribution in [3.8, 4) is 0 Å². The van der Waals surface area contributed by atoms with E-state index < -0.39 is 0 Å². The van der Waals surface area contributed by atoms with Crippen molar-refractivity contribution in [3.63, 3.8) is 0 Å². The Balaban J connectivity index is 2.00. The van der Waals surface area contributed by atoms with E-state index in [1.807, 2.05) is 6.92 Å². The molecule has 0 saturated carbocycles. The molecule has 8 heteroatoms. The van der Waals surface area contributed by atoms with Gasteiger partial charge in [-0.1, -0.05) is 13.8 Å². The van der Waals surface area contributed by atoms with Crippen LogP contribution in [0.15, 0.2) is 6.33 Å². The summed E-state index contributed by atoms with van der Waals surface area (Å²) in [6.07, 6.45) is 1.77. The summed E-state index contributed by atoms with van der Waals surface area (Å²) in [6.45, 7) is 8.54. The predicted octanol–water partition coefficient (Wildman–Crippen LogP) is 0.806. The van der Waals surface area contributed by atoms with Crippen molar-refractivity contribution in [2.75, 3.05) is 16.9 Å². The summed E-state index contributed by atoms with van der Waals surface area (Å²) in [7, 11) is 0. The fourth-order valence-corrected chi connectivity index (χ4v) is 2.48. The lowest BCUT2D eigenvalue weighted by molar-refractivity contribution is 0.553. The first-order valence-electron chi connectivity index (χ1n) is 7.07. The van der Waals surface area contributed by atoms with E-state index in [-0.39, 0.29) is 5.92 Å². The minimum absolute atomic E-state index is 0.241. The molecule has 0 aromatic carbocycles. The van der Waals surface area contributed by atoms with E-state index in [0.717, 1.165) is 36.1 Å². The topological polar surface area (TPSA) is 97.8 Å². The molecule has 1 aliphatic heterocycles. The largest absolute Gasteiger partial charge is 0.347 e. The number of nitrogen functional groups attached to an aromatic ring is 1. The number of nitrogens with one attached hydrogen (secondary N) is 1. The predicted molar refractivity (Wildman–Crippen MR) is 79.7 cm³/mol. The van der Waals surface area contributed by atoms with E-state index in [1.54, 1.807) is 6.33 Å². The van der Waals surface area contributed by atoms with Gasteiger partial charge in [0, 0.05) is 24.6 Å². The molecular formula is C13H20N8. The third-order valence-electron chi connectivity index (χ3n) is 3.73. The van der Waals surface area contributed by atoms with Gasteiger partial charge in [-0.3, -0.25) is 0 Å². The molecule has 0 spiro atoms. The number of nitrogens with zero attached hydrogens (tertiary/aromatic N) is 6. The number of hydrogen-bond donors (Lipinski definition) is 2. The summed E-state index contributed by atoms with van der Waals surface area (Å²) < 4.78 is 2.07. The van der Waals surface area contributed by atoms with E-state index in [9.17, 15) is 0 Å². The van der Waals surface area contributed by atoms with Crippen molar-refractivity contribution in [1.29, 1.82) is 0 Å². The Morgan fingerprint density at radius 3 is 2.81 bits per heavy atom. The maximum atomic E-state index is 5.59. The van der Waals surface area contributed by atoms with Crippen LogP contribution in [0.5, 0.6) is 0 Å². The van der Waals surface area contributed by atoms with Gasteiger partial charge in [0.15, 0.2) is 5.82 Å². The first kappa shape index (κ1) is 13.7. The van der Waals surface area contributed by atoms with Crippen LogP contribution >= 0.6 is 0 Å². The number of nitrogens with two attached hydrogens (primary N) is 1. The van der Waals surface area contributed by atoms with E-state index in [2.05, 4.69) is 43.9 Å². The normalized spacial score (nSPS) is 14.4.